The van der Waals surface area contributed by atoms with Crippen molar-refractivity contribution in [3.05, 3.63) is 59.7 Å². The number of aliphatic imine (C=N–C) groups is 1. The van der Waals surface area contributed by atoms with Gasteiger partial charge in [0.15, 0.2) is 11.7 Å². The number of halogens is 4. The Kier molecular flexibility index (Phi) is 8.83. The number of nitrogens with two attached hydrogens (primary N) is 1. The molecule has 0 spiro atoms. The molecule has 0 amide bonds. The van der Waals surface area contributed by atoms with Gasteiger partial charge in [0, 0.05) is 6.54 Å². The number of anilines is 1. The largest absolute Gasteiger partial charge is 0.573 e. The number of nitrogens with zero attached hydrogens (tertiary/aromatic N) is 2. The van der Waals surface area contributed by atoms with Gasteiger partial charge in [-0.25, -0.2) is 4.99 Å². The van der Waals surface area contributed by atoms with E-state index in [9.17, 15) is 13.2 Å². The van der Waals surface area contributed by atoms with Crippen LogP contribution in [0.25, 0.3) is 0 Å². The van der Waals surface area contributed by atoms with Crippen molar-refractivity contribution in [3.8, 4) is 5.75 Å². The van der Waals surface area contributed by atoms with Gasteiger partial charge in [-0.2, -0.15) is 0 Å². The second kappa shape index (κ2) is 10.4. The van der Waals surface area contributed by atoms with Crippen LogP contribution in [-0.2, 0) is 13.1 Å². The summed E-state index contributed by atoms with van der Waals surface area (Å²) in [7, 11) is 3.98. The van der Waals surface area contributed by atoms with Crippen LogP contribution < -0.4 is 15.8 Å². The molecule has 5 nitrogen and oxygen atoms in total. The fourth-order valence-corrected chi connectivity index (χ4v) is 2.25. The van der Waals surface area contributed by atoms with Crippen LogP contribution >= 0.6 is 24.0 Å². The van der Waals surface area contributed by atoms with Crippen LogP contribution in [0.1, 0.15) is 11.1 Å². The summed E-state index contributed by atoms with van der Waals surface area (Å²) in [5.41, 5.74) is 7.98. The van der Waals surface area contributed by atoms with E-state index in [4.69, 9.17) is 5.73 Å². The van der Waals surface area contributed by atoms with Gasteiger partial charge in [0.25, 0.3) is 0 Å². The van der Waals surface area contributed by atoms with E-state index >= 15 is 0 Å². The summed E-state index contributed by atoms with van der Waals surface area (Å²) in [5, 5.41) is 2.64. The Morgan fingerprint density at radius 1 is 1.07 bits per heavy atom. The van der Waals surface area contributed by atoms with Crippen molar-refractivity contribution in [2.45, 2.75) is 19.5 Å². The Morgan fingerprint density at radius 3 is 2.26 bits per heavy atom. The van der Waals surface area contributed by atoms with E-state index in [1.165, 1.54) is 23.8 Å². The second-order valence-electron chi connectivity index (χ2n) is 5.92. The molecule has 2 rings (SSSR count). The van der Waals surface area contributed by atoms with Gasteiger partial charge < -0.3 is 20.7 Å². The Hall–Kier alpha value is -2.01. The Bertz CT molecular complexity index is 749. The third kappa shape index (κ3) is 8.48. The summed E-state index contributed by atoms with van der Waals surface area (Å²) in [5.74, 6) is -0.369. The molecule has 3 N–H and O–H groups in total. The van der Waals surface area contributed by atoms with Gasteiger partial charge in [0.05, 0.1) is 12.2 Å². The first-order chi connectivity index (χ1) is 12.2. The fraction of sp³-hybridized carbons (Fsp3) is 0.278. The number of ether oxygens (including phenoxy) is 1. The van der Waals surface area contributed by atoms with Crippen LogP contribution in [-0.4, -0.2) is 31.3 Å². The van der Waals surface area contributed by atoms with Crippen molar-refractivity contribution in [1.82, 2.24) is 4.90 Å². The van der Waals surface area contributed by atoms with Gasteiger partial charge >= 0.3 is 6.36 Å². The maximum Gasteiger partial charge on any atom is 0.573 e. The van der Waals surface area contributed by atoms with Crippen molar-refractivity contribution in [3.63, 3.8) is 0 Å². The molecule has 0 aromatic heterocycles. The van der Waals surface area contributed by atoms with E-state index in [1.807, 2.05) is 38.4 Å². The van der Waals surface area contributed by atoms with Crippen molar-refractivity contribution < 1.29 is 17.9 Å². The summed E-state index contributed by atoms with van der Waals surface area (Å²) in [6.07, 6.45) is -4.78. The predicted molar refractivity (Wildman–Crippen MR) is 111 cm³/mol. The highest BCUT2D eigenvalue weighted by atomic mass is 127. The molecule has 0 radical (unpaired) electrons. The molecular formula is C18H22F3IN4O. The van der Waals surface area contributed by atoms with Gasteiger partial charge in [0.1, 0.15) is 0 Å². The molecule has 148 valence electrons. The van der Waals surface area contributed by atoms with Crippen LogP contribution in [0.3, 0.4) is 0 Å². The molecule has 9 heteroatoms. The number of benzene rings is 2. The third-order valence-corrected chi connectivity index (χ3v) is 3.33. The highest BCUT2D eigenvalue weighted by molar-refractivity contribution is 14.0. The van der Waals surface area contributed by atoms with Crippen molar-refractivity contribution in [1.29, 1.82) is 0 Å². The number of hydrogen-bond donors (Lipinski definition) is 2. The van der Waals surface area contributed by atoms with Crippen LogP contribution in [0.5, 0.6) is 5.75 Å². The summed E-state index contributed by atoms with van der Waals surface area (Å²) in [6.45, 7) is 1.15. The lowest BCUT2D eigenvalue weighted by Gasteiger charge is -2.14. The topological polar surface area (TPSA) is 62.9 Å². The molecular weight excluding hydrogens is 472 g/mol. The molecule has 0 atom stereocenters. The van der Waals surface area contributed by atoms with Gasteiger partial charge in [-0.1, -0.05) is 36.4 Å². The Morgan fingerprint density at radius 2 is 1.67 bits per heavy atom. The average molecular weight is 494 g/mol. The molecule has 2 aromatic carbocycles. The molecule has 0 aliphatic rings. The van der Waals surface area contributed by atoms with Crippen LogP contribution in [0, 0.1) is 0 Å². The zero-order valence-electron chi connectivity index (χ0n) is 15.0. The van der Waals surface area contributed by atoms with Gasteiger partial charge in [-0.15, -0.1) is 37.1 Å². The van der Waals surface area contributed by atoms with E-state index in [1.54, 1.807) is 6.07 Å². The number of rotatable bonds is 6. The lowest BCUT2D eigenvalue weighted by atomic mass is 10.1. The van der Waals surface area contributed by atoms with E-state index in [0.29, 0.717) is 6.54 Å². The number of alkyl halides is 3. The first-order valence-electron chi connectivity index (χ1n) is 7.87. The minimum atomic E-state index is -4.78. The maximum absolute atomic E-state index is 12.4. The maximum atomic E-state index is 12.4. The van der Waals surface area contributed by atoms with Gasteiger partial charge in [-0.05, 0) is 37.4 Å². The van der Waals surface area contributed by atoms with E-state index in [0.717, 1.165) is 12.1 Å². The SMILES string of the molecule is CN(C)Cc1ccc(CN=C(N)Nc2ccccc2OC(F)(F)F)cc1.I. The van der Waals surface area contributed by atoms with Crippen LogP contribution in [0.4, 0.5) is 18.9 Å². The molecule has 2 aromatic rings. The second-order valence-corrected chi connectivity index (χ2v) is 5.92. The van der Waals surface area contributed by atoms with E-state index in [2.05, 4.69) is 19.9 Å². The normalized spacial score (nSPS) is 11.9. The molecule has 0 saturated carbocycles. The molecule has 0 bridgehead atoms. The van der Waals surface area contributed by atoms with E-state index < -0.39 is 6.36 Å². The summed E-state index contributed by atoms with van der Waals surface area (Å²) >= 11 is 0. The van der Waals surface area contributed by atoms with Crippen molar-refractivity contribution >= 4 is 35.6 Å². The molecule has 0 fully saturated rings. The van der Waals surface area contributed by atoms with Crippen molar-refractivity contribution in [2.24, 2.45) is 10.7 Å². The quantitative estimate of drug-likeness (QED) is 0.359. The minimum absolute atomic E-state index is 0. The van der Waals surface area contributed by atoms with Gasteiger partial charge in [-0.3, -0.25) is 0 Å². The zero-order chi connectivity index (χ0) is 19.2. The Labute approximate surface area is 173 Å². The highest BCUT2D eigenvalue weighted by Gasteiger charge is 2.32. The number of guanidine groups is 1. The van der Waals surface area contributed by atoms with Gasteiger partial charge in [0.2, 0.25) is 0 Å². The standard InChI is InChI=1S/C18H21F3N4O.HI/c1-25(2)12-14-9-7-13(8-10-14)11-23-17(22)24-15-5-3-4-6-16(15)26-18(19,20)21;/h3-10H,11-12H2,1-2H3,(H3,22,23,24);1H. The first-order valence-corrected chi connectivity index (χ1v) is 7.87. The summed E-state index contributed by atoms with van der Waals surface area (Å²) in [4.78, 5) is 6.22. The number of para-hydroxylation sites is 2. The smallest absolute Gasteiger partial charge is 0.404 e. The number of hydrogen-bond acceptors (Lipinski definition) is 3. The Balaban J connectivity index is 0.00000364. The fourth-order valence-electron chi connectivity index (χ4n) is 2.25. The first kappa shape index (κ1) is 23.0. The van der Waals surface area contributed by atoms with Crippen LogP contribution in [0.2, 0.25) is 0 Å². The molecule has 0 aliphatic carbocycles. The third-order valence-electron chi connectivity index (χ3n) is 3.33. The highest BCUT2D eigenvalue weighted by Crippen LogP contribution is 2.29. The molecule has 0 aliphatic heterocycles. The average Bonchev–Trinajstić information content (AvgIpc) is 2.54. The lowest BCUT2D eigenvalue weighted by molar-refractivity contribution is -0.274. The predicted octanol–water partition coefficient (Wildman–Crippen LogP) is 4.19. The summed E-state index contributed by atoms with van der Waals surface area (Å²) in [6, 6.07) is 13.5. The molecule has 27 heavy (non-hydrogen) atoms. The summed E-state index contributed by atoms with van der Waals surface area (Å²) < 4.78 is 41.2. The molecule has 0 heterocycles. The molecule has 0 saturated heterocycles. The lowest BCUT2D eigenvalue weighted by Crippen LogP contribution is -2.24. The number of nitrogens with one attached hydrogen (secondary N) is 1. The van der Waals surface area contributed by atoms with Crippen molar-refractivity contribution in [2.75, 3.05) is 19.4 Å². The zero-order valence-corrected chi connectivity index (χ0v) is 17.3. The minimum Gasteiger partial charge on any atom is -0.404 e. The van der Waals surface area contributed by atoms with Crippen LogP contribution in [0.15, 0.2) is 53.5 Å². The monoisotopic (exact) mass is 494 g/mol. The molecule has 0 unspecified atom stereocenters. The van der Waals surface area contributed by atoms with E-state index in [-0.39, 0.29) is 41.4 Å².